The number of aliphatic imine (C=N–C) groups is 1. The third-order valence-electron chi connectivity index (χ3n) is 2.13. The van der Waals surface area contributed by atoms with Crippen molar-refractivity contribution >= 4 is 30.5 Å². The number of hydrogen-bond acceptors (Lipinski definition) is 5. The van der Waals surface area contributed by atoms with Crippen LogP contribution in [-0.4, -0.2) is 30.2 Å². The average Bonchev–Trinajstić information content (AvgIpc) is 2.81. The van der Waals surface area contributed by atoms with Crippen LogP contribution in [0, 0.1) is 0 Å². The molecule has 6 nitrogen and oxygen atoms in total. The Morgan fingerprint density at radius 2 is 2.16 bits per heavy atom. The van der Waals surface area contributed by atoms with Gasteiger partial charge in [0.2, 0.25) is 0 Å². The molecular formula is C11H14N3O3PS. The third-order valence-corrected chi connectivity index (χ3v) is 4.19. The molecule has 0 aromatic heterocycles. The summed E-state index contributed by atoms with van der Waals surface area (Å²) in [4.78, 5) is 15.7. The summed E-state index contributed by atoms with van der Waals surface area (Å²) in [6.45, 7) is 2.04. The van der Waals surface area contributed by atoms with Crippen LogP contribution in [0.2, 0.25) is 0 Å². The quantitative estimate of drug-likeness (QED) is 0.839. The number of nitrogens with zero attached hydrogens (tertiary/aromatic N) is 1. The lowest BCUT2D eigenvalue weighted by Crippen LogP contribution is -2.36. The maximum Gasteiger partial charge on any atom is 0.341 e. The van der Waals surface area contributed by atoms with E-state index in [2.05, 4.69) is 15.4 Å². The maximum absolute atomic E-state index is 12.1. The number of amides is 2. The van der Waals surface area contributed by atoms with Gasteiger partial charge in [0.25, 0.3) is 0 Å². The molecule has 8 heteroatoms. The molecule has 2 N–H and O–H groups in total. The van der Waals surface area contributed by atoms with Gasteiger partial charge in [-0.2, -0.15) is 0 Å². The molecule has 1 atom stereocenters. The highest BCUT2D eigenvalue weighted by molar-refractivity contribution is 8.14. The van der Waals surface area contributed by atoms with Crippen molar-refractivity contribution in [3.8, 4) is 5.75 Å². The van der Waals surface area contributed by atoms with Gasteiger partial charge in [0.15, 0.2) is 5.17 Å². The maximum atomic E-state index is 12.1. The zero-order valence-corrected chi connectivity index (χ0v) is 12.0. The Labute approximate surface area is 115 Å². The van der Waals surface area contributed by atoms with Gasteiger partial charge in [-0.05, 0) is 12.1 Å². The van der Waals surface area contributed by atoms with Crippen LogP contribution in [0.25, 0.3) is 0 Å². The lowest BCUT2D eigenvalue weighted by molar-refractivity contribution is 0.249. The Hall–Kier alpha value is -1.46. The van der Waals surface area contributed by atoms with E-state index in [0.29, 0.717) is 17.5 Å². The number of carbonyl (C=O) groups is 1. The summed E-state index contributed by atoms with van der Waals surface area (Å²) >= 11 is 1.45. The number of benzene rings is 1. The average molecular weight is 299 g/mol. The first-order valence-electron chi connectivity index (χ1n) is 5.64. The minimum atomic E-state index is -3.25. The van der Waals surface area contributed by atoms with E-state index in [1.807, 2.05) is 6.07 Å². The Kier molecular flexibility index (Phi) is 4.50. The van der Waals surface area contributed by atoms with Crippen LogP contribution in [0.3, 0.4) is 0 Å². The van der Waals surface area contributed by atoms with Gasteiger partial charge < -0.3 is 4.52 Å². The molecule has 1 aromatic rings. The second-order valence-corrected chi connectivity index (χ2v) is 7.03. The number of rotatable bonds is 3. The van der Waals surface area contributed by atoms with Crippen LogP contribution in [0.4, 0.5) is 4.79 Å². The highest BCUT2D eigenvalue weighted by Gasteiger charge is 2.22. The van der Waals surface area contributed by atoms with Gasteiger partial charge in [0.1, 0.15) is 5.75 Å². The first-order chi connectivity index (χ1) is 9.05. The van der Waals surface area contributed by atoms with Gasteiger partial charge in [-0.15, -0.1) is 0 Å². The van der Waals surface area contributed by atoms with Gasteiger partial charge >= 0.3 is 13.6 Å². The van der Waals surface area contributed by atoms with Crippen LogP contribution >= 0.6 is 19.3 Å². The molecule has 2 rings (SSSR count). The fraction of sp³-hybridized carbons (Fsp3) is 0.273. The van der Waals surface area contributed by atoms with Crippen LogP contribution in [0.1, 0.15) is 0 Å². The van der Waals surface area contributed by atoms with Crippen LogP contribution in [0.5, 0.6) is 5.75 Å². The molecule has 19 heavy (non-hydrogen) atoms. The number of thioether (sulfide) groups is 1. The summed E-state index contributed by atoms with van der Waals surface area (Å²) in [6, 6.07) is 8.12. The second-order valence-electron chi connectivity index (χ2n) is 3.85. The highest BCUT2D eigenvalue weighted by atomic mass is 32.2. The molecule has 1 heterocycles. The highest BCUT2D eigenvalue weighted by Crippen LogP contribution is 2.38. The summed E-state index contributed by atoms with van der Waals surface area (Å²) in [6.07, 6.45) is 0. The molecule has 1 aromatic carbocycles. The van der Waals surface area contributed by atoms with Crippen molar-refractivity contribution in [3.05, 3.63) is 30.3 Å². The molecule has 1 aliphatic rings. The number of hydrogen-bond donors (Lipinski definition) is 2. The number of carbonyl (C=O) groups excluding carboxylic acids is 1. The summed E-state index contributed by atoms with van der Waals surface area (Å²) < 4.78 is 17.4. The SMILES string of the molecule is CP(=O)(NC(=O)NC1=NCCS1)Oc1ccccc1. The van der Waals surface area contributed by atoms with Crippen molar-refractivity contribution in [2.75, 3.05) is 19.0 Å². The van der Waals surface area contributed by atoms with Crippen molar-refractivity contribution < 1.29 is 13.9 Å². The van der Waals surface area contributed by atoms with E-state index in [1.165, 1.54) is 18.4 Å². The predicted molar refractivity (Wildman–Crippen MR) is 77.0 cm³/mol. The van der Waals surface area contributed by atoms with E-state index in [-0.39, 0.29) is 0 Å². The fourth-order valence-electron chi connectivity index (χ4n) is 1.43. The van der Waals surface area contributed by atoms with Crippen molar-refractivity contribution in [2.45, 2.75) is 0 Å². The van der Waals surface area contributed by atoms with Gasteiger partial charge in [-0.1, -0.05) is 30.0 Å². The van der Waals surface area contributed by atoms with Gasteiger partial charge in [0, 0.05) is 12.4 Å². The molecule has 1 aliphatic heterocycles. The molecule has 0 spiro atoms. The molecule has 0 aliphatic carbocycles. The minimum Gasteiger partial charge on any atom is -0.429 e. The summed E-state index contributed by atoms with van der Waals surface area (Å²) in [7, 11) is -3.25. The number of amidine groups is 1. The molecule has 102 valence electrons. The van der Waals surface area contributed by atoms with Crippen molar-refractivity contribution in [3.63, 3.8) is 0 Å². The number of urea groups is 1. The standard InChI is InChI=1S/C11H14N3O3PS/c1-18(16,17-9-5-3-2-4-6-9)14-10(15)13-11-12-7-8-19-11/h2-6H,7-8H2,1H3,(H2,12,13,14,15,16). The van der Waals surface area contributed by atoms with Gasteiger partial charge in [-0.25, -0.2) is 4.79 Å². The van der Waals surface area contributed by atoms with E-state index in [9.17, 15) is 9.36 Å². The van der Waals surface area contributed by atoms with Crippen LogP contribution < -0.4 is 14.9 Å². The molecule has 0 bridgehead atoms. The summed E-state index contributed by atoms with van der Waals surface area (Å²) in [5, 5.41) is 5.39. The largest absolute Gasteiger partial charge is 0.429 e. The Balaban J connectivity index is 1.89. The molecule has 0 saturated carbocycles. The number of nitrogens with one attached hydrogen (secondary N) is 2. The van der Waals surface area contributed by atoms with E-state index in [1.54, 1.807) is 24.3 Å². The lowest BCUT2D eigenvalue weighted by Gasteiger charge is -2.16. The van der Waals surface area contributed by atoms with E-state index in [4.69, 9.17) is 4.52 Å². The zero-order valence-electron chi connectivity index (χ0n) is 10.3. The summed E-state index contributed by atoms with van der Waals surface area (Å²) in [5.41, 5.74) is 0. The molecule has 0 fully saturated rings. The molecule has 0 radical (unpaired) electrons. The molecule has 1 unspecified atom stereocenters. The van der Waals surface area contributed by atoms with E-state index >= 15 is 0 Å². The fourth-order valence-corrected chi connectivity index (χ4v) is 3.14. The molecule has 2 amide bonds. The normalized spacial score (nSPS) is 17.2. The number of para-hydroxylation sites is 1. The minimum absolute atomic E-state index is 0.446. The third kappa shape index (κ3) is 4.61. The smallest absolute Gasteiger partial charge is 0.341 e. The van der Waals surface area contributed by atoms with Crippen LogP contribution in [0.15, 0.2) is 35.3 Å². The zero-order chi connectivity index (χ0) is 13.7. The summed E-state index contributed by atoms with van der Waals surface area (Å²) in [5.74, 6) is 1.29. The predicted octanol–water partition coefficient (Wildman–Crippen LogP) is 2.29. The first kappa shape index (κ1) is 14.0. The Morgan fingerprint density at radius 3 is 2.79 bits per heavy atom. The Bertz CT molecular complexity index is 535. The molecular weight excluding hydrogens is 285 g/mol. The second kappa shape index (κ2) is 6.12. The van der Waals surface area contributed by atoms with E-state index in [0.717, 1.165) is 5.75 Å². The molecule has 0 saturated heterocycles. The van der Waals surface area contributed by atoms with Crippen molar-refractivity contribution in [1.82, 2.24) is 10.4 Å². The van der Waals surface area contributed by atoms with Crippen molar-refractivity contribution in [1.29, 1.82) is 0 Å². The van der Waals surface area contributed by atoms with Crippen molar-refractivity contribution in [2.24, 2.45) is 4.99 Å². The monoisotopic (exact) mass is 299 g/mol. The lowest BCUT2D eigenvalue weighted by atomic mass is 10.3. The van der Waals surface area contributed by atoms with E-state index < -0.39 is 13.6 Å². The topological polar surface area (TPSA) is 79.8 Å². The van der Waals surface area contributed by atoms with Gasteiger partial charge in [-0.3, -0.25) is 20.0 Å². The van der Waals surface area contributed by atoms with Crippen LogP contribution in [-0.2, 0) is 4.57 Å². The van der Waals surface area contributed by atoms with Gasteiger partial charge in [0.05, 0.1) is 6.54 Å². The first-order valence-corrected chi connectivity index (χ1v) is 8.70. The Morgan fingerprint density at radius 1 is 1.42 bits per heavy atom.